The minimum absolute atomic E-state index is 0.115. The van der Waals surface area contributed by atoms with Crippen molar-refractivity contribution in [1.29, 1.82) is 0 Å². The van der Waals surface area contributed by atoms with Crippen molar-refractivity contribution in [2.45, 2.75) is 32.6 Å². The van der Waals surface area contributed by atoms with Crippen molar-refractivity contribution in [2.24, 2.45) is 0 Å². The van der Waals surface area contributed by atoms with Crippen molar-refractivity contribution in [1.82, 2.24) is 4.90 Å². The molecule has 2 aromatic rings. The van der Waals surface area contributed by atoms with E-state index in [0.717, 1.165) is 30.6 Å². The van der Waals surface area contributed by atoms with Crippen LogP contribution < -0.4 is 0 Å². The van der Waals surface area contributed by atoms with Gasteiger partial charge < -0.3 is 9.32 Å². The first-order valence-electron chi connectivity index (χ1n) is 7.48. The molecule has 1 fully saturated rings. The van der Waals surface area contributed by atoms with E-state index in [0.29, 0.717) is 12.2 Å². The zero-order valence-electron chi connectivity index (χ0n) is 12.0. The van der Waals surface area contributed by atoms with Gasteiger partial charge in [0.2, 0.25) is 0 Å². The lowest BCUT2D eigenvalue weighted by atomic mass is 10.1. The summed E-state index contributed by atoms with van der Waals surface area (Å²) in [7, 11) is 0. The molecule has 0 atom stereocenters. The fraction of sp³-hybridized carbons (Fsp3) is 0.471. The molecule has 0 unspecified atom stereocenters. The van der Waals surface area contributed by atoms with Gasteiger partial charge in [-0.2, -0.15) is 0 Å². The molecule has 106 valence electrons. The molecular weight excluding hydrogens is 250 g/mol. The lowest BCUT2D eigenvalue weighted by Crippen LogP contribution is -2.31. The number of ketones is 1. The third kappa shape index (κ3) is 2.93. The average Bonchev–Trinajstić information content (AvgIpc) is 2.89. The fourth-order valence-electron chi connectivity index (χ4n) is 2.87. The van der Waals surface area contributed by atoms with Gasteiger partial charge in [-0.15, -0.1) is 0 Å². The maximum absolute atomic E-state index is 12.2. The van der Waals surface area contributed by atoms with E-state index >= 15 is 0 Å². The van der Waals surface area contributed by atoms with E-state index in [4.69, 9.17) is 4.42 Å². The number of nitrogens with zero attached hydrogens (tertiary/aromatic N) is 1. The van der Waals surface area contributed by atoms with Crippen molar-refractivity contribution in [3.63, 3.8) is 0 Å². The summed E-state index contributed by atoms with van der Waals surface area (Å²) in [4.78, 5) is 14.6. The van der Waals surface area contributed by atoms with Crippen LogP contribution in [0.2, 0.25) is 0 Å². The first kappa shape index (κ1) is 13.4. The number of likely N-dealkylation sites (tertiary alicyclic amines) is 1. The first-order chi connectivity index (χ1) is 9.72. The number of piperidine rings is 1. The first-order valence-corrected chi connectivity index (χ1v) is 7.48. The van der Waals surface area contributed by atoms with Gasteiger partial charge in [0.05, 0.1) is 0 Å². The van der Waals surface area contributed by atoms with Gasteiger partial charge in [0.25, 0.3) is 0 Å². The van der Waals surface area contributed by atoms with E-state index in [-0.39, 0.29) is 5.78 Å². The number of carbonyl (C=O) groups excluding carboxylic acids is 1. The number of benzene rings is 1. The molecule has 0 radical (unpaired) electrons. The summed E-state index contributed by atoms with van der Waals surface area (Å²) in [5, 5.41) is 1.02. The second-order valence-corrected chi connectivity index (χ2v) is 5.73. The second-order valence-electron chi connectivity index (χ2n) is 5.73. The number of carbonyl (C=O) groups is 1. The SMILES string of the molecule is Cc1ccc2oc(C(=O)CCN3CCCCC3)cc2c1. The maximum Gasteiger partial charge on any atom is 0.199 e. The predicted octanol–water partition coefficient (Wildman–Crippen LogP) is 3.80. The molecular formula is C17H21NO2. The molecule has 0 spiro atoms. The number of fused-ring (bicyclic) bond motifs is 1. The highest BCUT2D eigenvalue weighted by Crippen LogP contribution is 2.21. The number of hydrogen-bond donors (Lipinski definition) is 0. The normalized spacial score (nSPS) is 16.6. The molecule has 0 amide bonds. The predicted molar refractivity (Wildman–Crippen MR) is 80.2 cm³/mol. The Morgan fingerprint density at radius 1 is 1.20 bits per heavy atom. The Morgan fingerprint density at radius 3 is 2.80 bits per heavy atom. The molecule has 2 heterocycles. The molecule has 0 saturated carbocycles. The number of rotatable bonds is 4. The molecule has 1 aliphatic heterocycles. The number of aryl methyl sites for hydroxylation is 1. The minimum Gasteiger partial charge on any atom is -0.453 e. The van der Waals surface area contributed by atoms with E-state index in [1.807, 2.05) is 25.1 Å². The van der Waals surface area contributed by atoms with Crippen molar-refractivity contribution in [2.75, 3.05) is 19.6 Å². The van der Waals surface area contributed by atoms with Gasteiger partial charge in [0.15, 0.2) is 11.5 Å². The largest absolute Gasteiger partial charge is 0.453 e. The molecule has 1 aliphatic rings. The monoisotopic (exact) mass is 271 g/mol. The smallest absolute Gasteiger partial charge is 0.199 e. The summed E-state index contributed by atoms with van der Waals surface area (Å²) >= 11 is 0. The van der Waals surface area contributed by atoms with Gasteiger partial charge >= 0.3 is 0 Å². The number of furan rings is 1. The van der Waals surface area contributed by atoms with Crippen LogP contribution in [0.1, 0.15) is 41.8 Å². The van der Waals surface area contributed by atoms with E-state index in [1.165, 1.54) is 24.8 Å². The Labute approximate surface area is 119 Å². The van der Waals surface area contributed by atoms with Crippen LogP contribution in [0, 0.1) is 6.92 Å². The standard InChI is InChI=1S/C17H21NO2/c1-13-5-6-16-14(11-13)12-17(20-16)15(19)7-10-18-8-3-2-4-9-18/h5-6,11-12H,2-4,7-10H2,1H3. The Bertz CT molecular complexity index is 608. The van der Waals surface area contributed by atoms with E-state index in [9.17, 15) is 4.79 Å². The van der Waals surface area contributed by atoms with E-state index < -0.39 is 0 Å². The lowest BCUT2D eigenvalue weighted by molar-refractivity contribution is 0.0934. The van der Waals surface area contributed by atoms with Gasteiger partial charge in [-0.3, -0.25) is 4.79 Å². The molecule has 1 aromatic carbocycles. The summed E-state index contributed by atoms with van der Waals surface area (Å²) in [6, 6.07) is 7.88. The summed E-state index contributed by atoms with van der Waals surface area (Å²) in [5.74, 6) is 0.618. The van der Waals surface area contributed by atoms with Gasteiger partial charge in [0.1, 0.15) is 5.58 Å². The van der Waals surface area contributed by atoms with Crippen LogP contribution in [0.5, 0.6) is 0 Å². The molecule has 0 N–H and O–H groups in total. The zero-order valence-corrected chi connectivity index (χ0v) is 12.0. The Hall–Kier alpha value is -1.61. The molecule has 3 rings (SSSR count). The van der Waals surface area contributed by atoms with Crippen LogP contribution in [0.25, 0.3) is 11.0 Å². The van der Waals surface area contributed by atoms with E-state index in [2.05, 4.69) is 11.0 Å². The van der Waals surface area contributed by atoms with Gasteiger partial charge in [-0.05, 0) is 51.1 Å². The van der Waals surface area contributed by atoms with Gasteiger partial charge in [-0.25, -0.2) is 0 Å². The highest BCUT2D eigenvalue weighted by Gasteiger charge is 2.15. The quantitative estimate of drug-likeness (QED) is 0.793. The second kappa shape index (κ2) is 5.80. The molecule has 0 bridgehead atoms. The molecule has 3 nitrogen and oxygen atoms in total. The summed E-state index contributed by atoms with van der Waals surface area (Å²) < 4.78 is 5.66. The highest BCUT2D eigenvalue weighted by molar-refractivity contribution is 5.97. The van der Waals surface area contributed by atoms with E-state index in [1.54, 1.807) is 0 Å². The van der Waals surface area contributed by atoms with Gasteiger partial charge in [-0.1, -0.05) is 18.1 Å². The summed E-state index contributed by atoms with van der Waals surface area (Å²) in [6.07, 6.45) is 4.41. The molecule has 1 saturated heterocycles. The van der Waals surface area contributed by atoms with Crippen LogP contribution in [-0.2, 0) is 0 Å². The Balaban J connectivity index is 1.65. The topological polar surface area (TPSA) is 33.5 Å². The van der Waals surface area contributed by atoms with Crippen molar-refractivity contribution < 1.29 is 9.21 Å². The van der Waals surface area contributed by atoms with Gasteiger partial charge in [0, 0.05) is 18.4 Å². The molecule has 3 heteroatoms. The Kier molecular flexibility index (Phi) is 3.88. The molecule has 20 heavy (non-hydrogen) atoms. The summed E-state index contributed by atoms with van der Waals surface area (Å²) in [6.45, 7) is 5.17. The zero-order chi connectivity index (χ0) is 13.9. The number of hydrogen-bond acceptors (Lipinski definition) is 3. The third-order valence-electron chi connectivity index (χ3n) is 4.05. The van der Waals surface area contributed by atoms with Crippen LogP contribution in [0.3, 0.4) is 0 Å². The maximum atomic E-state index is 12.2. The average molecular weight is 271 g/mol. The third-order valence-corrected chi connectivity index (χ3v) is 4.05. The molecule has 1 aromatic heterocycles. The Morgan fingerprint density at radius 2 is 2.00 bits per heavy atom. The molecule has 0 aliphatic carbocycles. The number of Topliss-reactive ketones (excluding diaryl/α,β-unsaturated/α-hetero) is 1. The van der Waals surface area contributed by atoms with Crippen molar-refractivity contribution in [3.8, 4) is 0 Å². The van der Waals surface area contributed by atoms with Crippen LogP contribution >= 0.6 is 0 Å². The lowest BCUT2D eigenvalue weighted by Gasteiger charge is -2.25. The van der Waals surface area contributed by atoms with Crippen LogP contribution in [0.4, 0.5) is 0 Å². The van der Waals surface area contributed by atoms with Crippen molar-refractivity contribution in [3.05, 3.63) is 35.6 Å². The van der Waals surface area contributed by atoms with Crippen LogP contribution in [0.15, 0.2) is 28.7 Å². The summed E-state index contributed by atoms with van der Waals surface area (Å²) in [5.41, 5.74) is 1.99. The minimum atomic E-state index is 0.115. The van der Waals surface area contributed by atoms with Crippen LogP contribution in [-0.4, -0.2) is 30.3 Å². The fourth-order valence-corrected chi connectivity index (χ4v) is 2.87. The van der Waals surface area contributed by atoms with Crippen molar-refractivity contribution >= 4 is 16.8 Å². The highest BCUT2D eigenvalue weighted by atomic mass is 16.3.